The van der Waals surface area contributed by atoms with Crippen molar-refractivity contribution in [2.24, 2.45) is 5.11 Å². The van der Waals surface area contributed by atoms with Crippen molar-refractivity contribution in [2.75, 3.05) is 5.75 Å². The van der Waals surface area contributed by atoms with Gasteiger partial charge in [-0.2, -0.15) is 0 Å². The summed E-state index contributed by atoms with van der Waals surface area (Å²) < 4.78 is 0.687. The fourth-order valence-electron chi connectivity index (χ4n) is 1.80. The Hall–Kier alpha value is -2.42. The first-order valence-corrected chi connectivity index (χ1v) is 9.67. The maximum atomic E-state index is 11.6. The summed E-state index contributed by atoms with van der Waals surface area (Å²) >= 11 is 0. The first-order chi connectivity index (χ1) is 12.1. The molecule has 0 radical (unpaired) electrons. The zero-order valence-corrected chi connectivity index (χ0v) is 14.7. The number of aromatic hydroxyl groups is 2. The van der Waals surface area contributed by atoms with E-state index in [0.29, 0.717) is 16.8 Å². The molecule has 0 unspecified atom stereocenters. The molecular weight excluding hydrogens is 364 g/mol. The second-order valence-corrected chi connectivity index (χ2v) is 7.34. The summed E-state index contributed by atoms with van der Waals surface area (Å²) in [4.78, 5) is 20.3. The third kappa shape index (κ3) is 6.18. The molecule has 1 aromatic heterocycles. The van der Waals surface area contributed by atoms with Crippen molar-refractivity contribution >= 4 is 33.2 Å². The van der Waals surface area contributed by atoms with Crippen molar-refractivity contribution in [3.8, 4) is 11.8 Å². The molecule has 0 aliphatic rings. The topological polar surface area (TPSA) is 120 Å². The van der Waals surface area contributed by atoms with Gasteiger partial charge in [0.1, 0.15) is 0 Å². The second kappa shape index (κ2) is 9.77. The highest BCUT2D eigenvalue weighted by atomic mass is 33.1. The van der Waals surface area contributed by atoms with Crippen LogP contribution in [0, 0.1) is 0 Å². The van der Waals surface area contributed by atoms with Crippen molar-refractivity contribution in [3.63, 3.8) is 0 Å². The van der Waals surface area contributed by atoms with Crippen LogP contribution in [0.1, 0.15) is 19.3 Å². The van der Waals surface area contributed by atoms with E-state index in [1.54, 1.807) is 33.7 Å². The van der Waals surface area contributed by atoms with E-state index in [1.807, 2.05) is 12.1 Å². The maximum absolute atomic E-state index is 11.6. The summed E-state index contributed by atoms with van der Waals surface area (Å²) in [5.41, 5.74) is 8.92. The van der Waals surface area contributed by atoms with Crippen molar-refractivity contribution in [1.82, 2.24) is 4.73 Å². The van der Waals surface area contributed by atoms with Gasteiger partial charge < -0.3 is 15.1 Å². The van der Waals surface area contributed by atoms with Gasteiger partial charge in [0.05, 0.1) is 0 Å². The molecule has 10 heteroatoms. The van der Waals surface area contributed by atoms with Crippen LogP contribution in [0.15, 0.2) is 46.4 Å². The van der Waals surface area contributed by atoms with E-state index in [0.717, 1.165) is 17.1 Å². The molecule has 0 aliphatic heterocycles. The molecule has 132 valence electrons. The Labute approximate surface area is 151 Å². The predicted molar refractivity (Wildman–Crippen MR) is 96.8 cm³/mol. The molecule has 0 spiro atoms. The highest BCUT2D eigenvalue weighted by Crippen LogP contribution is 2.32. The van der Waals surface area contributed by atoms with Crippen LogP contribution in [0.5, 0.6) is 11.8 Å². The summed E-state index contributed by atoms with van der Waals surface area (Å²) in [7, 11) is 3.27. The van der Waals surface area contributed by atoms with E-state index in [9.17, 15) is 15.0 Å². The quantitative estimate of drug-likeness (QED) is 0.219. The molecule has 1 aromatic carbocycles. The van der Waals surface area contributed by atoms with Crippen LogP contribution in [0.4, 0.5) is 5.69 Å². The number of unbranched alkanes of at least 4 members (excludes halogenated alkanes) is 1. The minimum Gasteiger partial charge on any atom is -0.492 e. The lowest BCUT2D eigenvalue weighted by Crippen LogP contribution is -2.18. The maximum Gasteiger partial charge on any atom is 0.333 e. The Morgan fingerprint density at radius 3 is 2.48 bits per heavy atom. The van der Waals surface area contributed by atoms with Gasteiger partial charge in [-0.15, -0.1) is 4.73 Å². The van der Waals surface area contributed by atoms with E-state index in [2.05, 4.69) is 10.0 Å². The van der Waals surface area contributed by atoms with Gasteiger partial charge in [-0.25, -0.2) is 4.79 Å². The number of aromatic nitrogens is 1. The molecule has 2 rings (SSSR count). The fraction of sp³-hybridized carbons (Fsp3) is 0.267. The molecule has 8 nitrogen and oxygen atoms in total. The standard InChI is InChI=1S/C15H16N4O4S2/c16-18-17-11-4-6-12(7-5-11)25-24-10-2-1-3-15(22)23-19-13(20)8-9-14(19)21/h4-9,20-21H,1-3,10H2. The Morgan fingerprint density at radius 1 is 1.16 bits per heavy atom. The van der Waals surface area contributed by atoms with Crippen LogP contribution in [-0.2, 0) is 4.79 Å². The summed E-state index contributed by atoms with van der Waals surface area (Å²) in [5, 5.41) is 22.3. The monoisotopic (exact) mass is 380 g/mol. The molecule has 1 heterocycles. The number of carbonyl (C=O) groups excluding carboxylic acids is 1. The summed E-state index contributed by atoms with van der Waals surface area (Å²) in [6, 6.07) is 9.74. The molecule has 0 fully saturated rings. The first-order valence-electron chi connectivity index (χ1n) is 7.35. The molecule has 0 aliphatic carbocycles. The second-order valence-electron chi connectivity index (χ2n) is 4.85. The predicted octanol–water partition coefficient (Wildman–Crippen LogP) is 4.41. The van der Waals surface area contributed by atoms with Gasteiger partial charge in [0.15, 0.2) is 0 Å². The first kappa shape index (κ1) is 18.9. The van der Waals surface area contributed by atoms with Crippen LogP contribution in [-0.4, -0.2) is 26.7 Å². The third-order valence-electron chi connectivity index (χ3n) is 3.00. The van der Waals surface area contributed by atoms with Gasteiger partial charge in [0, 0.05) is 39.8 Å². The van der Waals surface area contributed by atoms with Gasteiger partial charge in [0.25, 0.3) is 0 Å². The minimum absolute atomic E-state index is 0.198. The number of rotatable bonds is 9. The smallest absolute Gasteiger partial charge is 0.333 e. The van der Waals surface area contributed by atoms with Gasteiger partial charge in [-0.3, -0.25) is 0 Å². The molecule has 2 N–H and O–H groups in total. The van der Waals surface area contributed by atoms with Crippen molar-refractivity contribution in [3.05, 3.63) is 46.8 Å². The number of hydrogen-bond acceptors (Lipinski definition) is 7. The zero-order chi connectivity index (χ0) is 18.1. The number of azide groups is 1. The number of nitrogens with zero attached hydrogens (tertiary/aromatic N) is 4. The van der Waals surface area contributed by atoms with E-state index in [4.69, 9.17) is 10.4 Å². The molecular formula is C15H16N4O4S2. The Balaban J connectivity index is 1.60. The van der Waals surface area contributed by atoms with Gasteiger partial charge in [-0.1, -0.05) is 38.8 Å². The highest BCUT2D eigenvalue weighted by molar-refractivity contribution is 8.76. The average Bonchev–Trinajstić information content (AvgIpc) is 2.91. The molecule has 0 saturated carbocycles. The SMILES string of the molecule is [N-]=[N+]=Nc1ccc(SSCCCCC(=O)On2c(O)ccc2O)cc1. The van der Waals surface area contributed by atoms with Crippen LogP contribution in [0.2, 0.25) is 0 Å². The minimum atomic E-state index is -0.520. The number of hydrogen-bond donors (Lipinski definition) is 2. The average molecular weight is 380 g/mol. The Morgan fingerprint density at radius 2 is 1.84 bits per heavy atom. The lowest BCUT2D eigenvalue weighted by Gasteiger charge is -2.06. The number of benzene rings is 1. The Bertz CT molecular complexity index is 738. The van der Waals surface area contributed by atoms with E-state index in [-0.39, 0.29) is 18.2 Å². The largest absolute Gasteiger partial charge is 0.492 e. The summed E-state index contributed by atoms with van der Waals surface area (Å²) in [6.45, 7) is 0. The normalized spacial score (nSPS) is 10.2. The van der Waals surface area contributed by atoms with E-state index >= 15 is 0 Å². The third-order valence-corrected chi connectivity index (χ3v) is 5.47. The molecule has 2 aromatic rings. The van der Waals surface area contributed by atoms with Gasteiger partial charge in [-0.05, 0) is 30.5 Å². The summed E-state index contributed by atoms with van der Waals surface area (Å²) in [6.07, 6.45) is 1.67. The summed E-state index contributed by atoms with van der Waals surface area (Å²) in [5.74, 6) is -0.322. The molecule has 0 bridgehead atoms. The Kier molecular flexibility index (Phi) is 7.39. The molecule has 25 heavy (non-hydrogen) atoms. The fourth-order valence-corrected chi connectivity index (χ4v) is 3.94. The van der Waals surface area contributed by atoms with Crippen LogP contribution >= 0.6 is 21.6 Å². The van der Waals surface area contributed by atoms with Crippen molar-refractivity contribution in [2.45, 2.75) is 24.2 Å². The lowest BCUT2D eigenvalue weighted by molar-refractivity contribution is -0.145. The highest BCUT2D eigenvalue weighted by Gasteiger charge is 2.11. The molecule has 0 amide bonds. The van der Waals surface area contributed by atoms with Crippen LogP contribution < -0.4 is 4.84 Å². The lowest BCUT2D eigenvalue weighted by atomic mass is 10.2. The zero-order valence-electron chi connectivity index (χ0n) is 13.1. The van der Waals surface area contributed by atoms with Gasteiger partial charge >= 0.3 is 5.97 Å². The van der Waals surface area contributed by atoms with E-state index < -0.39 is 5.97 Å². The van der Waals surface area contributed by atoms with Crippen molar-refractivity contribution < 1.29 is 19.8 Å². The van der Waals surface area contributed by atoms with Gasteiger partial charge in [0.2, 0.25) is 11.8 Å². The molecule has 0 saturated heterocycles. The van der Waals surface area contributed by atoms with E-state index in [1.165, 1.54) is 12.1 Å². The number of carbonyl (C=O) groups is 1. The molecule has 0 atom stereocenters. The van der Waals surface area contributed by atoms with Crippen LogP contribution in [0.3, 0.4) is 0 Å². The van der Waals surface area contributed by atoms with Crippen molar-refractivity contribution in [1.29, 1.82) is 0 Å². The van der Waals surface area contributed by atoms with Crippen LogP contribution in [0.25, 0.3) is 10.4 Å².